The molecule has 0 aliphatic carbocycles. The van der Waals surface area contributed by atoms with E-state index in [2.05, 4.69) is 10.2 Å². The molecule has 0 aromatic heterocycles. The zero-order valence-electron chi connectivity index (χ0n) is 12.3. The number of piperidine rings is 2. The maximum absolute atomic E-state index is 12.2. The van der Waals surface area contributed by atoms with Crippen LogP contribution in [0.15, 0.2) is 0 Å². The highest BCUT2D eigenvalue weighted by molar-refractivity contribution is 5.80. The van der Waals surface area contributed by atoms with E-state index in [-0.39, 0.29) is 17.7 Å². The summed E-state index contributed by atoms with van der Waals surface area (Å²) in [4.78, 5) is 27.9. The molecule has 2 aliphatic heterocycles. The van der Waals surface area contributed by atoms with Crippen LogP contribution in [0.5, 0.6) is 0 Å². The van der Waals surface area contributed by atoms with Gasteiger partial charge in [0.05, 0.1) is 6.54 Å². The van der Waals surface area contributed by atoms with Gasteiger partial charge in [-0.1, -0.05) is 0 Å². The lowest BCUT2D eigenvalue weighted by atomic mass is 9.96. The SMILES string of the molecule is CNC(=O)C1CCN(C(=O)CN2CCC(N)CC2)CC1. The summed E-state index contributed by atoms with van der Waals surface area (Å²) in [6.07, 6.45) is 3.50. The molecule has 6 nitrogen and oxygen atoms in total. The minimum absolute atomic E-state index is 0.0667. The second kappa shape index (κ2) is 7.04. The third kappa shape index (κ3) is 3.93. The molecule has 0 saturated carbocycles. The van der Waals surface area contributed by atoms with Gasteiger partial charge in [-0.25, -0.2) is 0 Å². The molecule has 0 unspecified atom stereocenters. The fourth-order valence-corrected chi connectivity index (χ4v) is 3.00. The Balaban J connectivity index is 1.73. The molecule has 0 radical (unpaired) electrons. The van der Waals surface area contributed by atoms with Crippen LogP contribution in [0.25, 0.3) is 0 Å². The highest BCUT2D eigenvalue weighted by Gasteiger charge is 2.28. The first-order valence-electron chi connectivity index (χ1n) is 7.57. The lowest BCUT2D eigenvalue weighted by Gasteiger charge is -2.34. The van der Waals surface area contributed by atoms with Crippen LogP contribution < -0.4 is 11.1 Å². The smallest absolute Gasteiger partial charge is 0.236 e. The van der Waals surface area contributed by atoms with E-state index in [0.717, 1.165) is 38.8 Å². The normalized spacial score (nSPS) is 22.8. The number of rotatable bonds is 3. The molecule has 3 N–H and O–H groups in total. The summed E-state index contributed by atoms with van der Waals surface area (Å²) in [5.74, 6) is 0.356. The minimum atomic E-state index is 0.0667. The van der Waals surface area contributed by atoms with Crippen molar-refractivity contribution in [1.82, 2.24) is 15.1 Å². The average molecular weight is 282 g/mol. The average Bonchev–Trinajstić information content (AvgIpc) is 2.49. The maximum Gasteiger partial charge on any atom is 0.236 e. The number of nitrogens with two attached hydrogens (primary N) is 1. The molecule has 114 valence electrons. The Bertz CT molecular complexity index is 345. The molecule has 2 saturated heterocycles. The van der Waals surface area contributed by atoms with Crippen molar-refractivity contribution in [3.05, 3.63) is 0 Å². The summed E-state index contributed by atoms with van der Waals surface area (Å²) in [7, 11) is 1.67. The highest BCUT2D eigenvalue weighted by Crippen LogP contribution is 2.18. The lowest BCUT2D eigenvalue weighted by molar-refractivity contribution is -0.136. The number of likely N-dealkylation sites (tertiary alicyclic amines) is 2. The van der Waals surface area contributed by atoms with Crippen molar-refractivity contribution in [2.24, 2.45) is 11.7 Å². The Morgan fingerprint density at radius 3 is 2.25 bits per heavy atom. The van der Waals surface area contributed by atoms with Crippen molar-refractivity contribution < 1.29 is 9.59 Å². The molecule has 2 fully saturated rings. The van der Waals surface area contributed by atoms with Crippen molar-refractivity contribution in [2.75, 3.05) is 39.8 Å². The first kappa shape index (κ1) is 15.3. The van der Waals surface area contributed by atoms with E-state index < -0.39 is 0 Å². The van der Waals surface area contributed by atoms with E-state index in [9.17, 15) is 9.59 Å². The Labute approximate surface area is 120 Å². The summed E-state index contributed by atoms with van der Waals surface area (Å²) >= 11 is 0. The first-order chi connectivity index (χ1) is 9.60. The minimum Gasteiger partial charge on any atom is -0.359 e. The molecule has 6 heteroatoms. The first-order valence-corrected chi connectivity index (χ1v) is 7.57. The standard InChI is InChI=1S/C14H26N4O2/c1-16-14(20)11-2-8-18(9-3-11)13(19)10-17-6-4-12(15)5-7-17/h11-12H,2-10,15H2,1H3,(H,16,20). The molecule has 0 aromatic rings. The van der Waals surface area contributed by atoms with Crippen molar-refractivity contribution in [3.63, 3.8) is 0 Å². The predicted octanol–water partition coefficient (Wildman–Crippen LogP) is -0.606. The van der Waals surface area contributed by atoms with Crippen molar-refractivity contribution in [2.45, 2.75) is 31.7 Å². The summed E-state index contributed by atoms with van der Waals surface area (Å²) in [5.41, 5.74) is 5.87. The predicted molar refractivity (Wildman–Crippen MR) is 77.0 cm³/mol. The van der Waals surface area contributed by atoms with E-state index in [1.54, 1.807) is 7.05 Å². The molecule has 0 atom stereocenters. The highest BCUT2D eigenvalue weighted by atomic mass is 16.2. The second-order valence-electron chi connectivity index (χ2n) is 5.88. The summed E-state index contributed by atoms with van der Waals surface area (Å²) in [6.45, 7) is 3.73. The largest absolute Gasteiger partial charge is 0.359 e. The van der Waals surface area contributed by atoms with E-state index in [1.165, 1.54) is 0 Å². The fraction of sp³-hybridized carbons (Fsp3) is 0.857. The Kier molecular flexibility index (Phi) is 5.37. The van der Waals surface area contributed by atoms with Crippen LogP contribution in [0.2, 0.25) is 0 Å². The second-order valence-corrected chi connectivity index (χ2v) is 5.88. The van der Waals surface area contributed by atoms with Crippen LogP contribution in [0.1, 0.15) is 25.7 Å². The van der Waals surface area contributed by atoms with Gasteiger partial charge in [-0.3, -0.25) is 14.5 Å². The maximum atomic E-state index is 12.2. The molecule has 2 aliphatic rings. The van der Waals surface area contributed by atoms with Gasteiger partial charge in [-0.15, -0.1) is 0 Å². The molecule has 2 rings (SSSR count). The van der Waals surface area contributed by atoms with E-state index in [4.69, 9.17) is 5.73 Å². The third-order valence-corrected chi connectivity index (χ3v) is 4.46. The quantitative estimate of drug-likeness (QED) is 0.724. The molecule has 2 amide bonds. The zero-order valence-corrected chi connectivity index (χ0v) is 12.3. The van der Waals surface area contributed by atoms with Crippen LogP contribution in [0.4, 0.5) is 0 Å². The van der Waals surface area contributed by atoms with Crippen molar-refractivity contribution in [3.8, 4) is 0 Å². The van der Waals surface area contributed by atoms with Gasteiger partial charge < -0.3 is 16.0 Å². The molecule has 0 aromatic carbocycles. The summed E-state index contributed by atoms with van der Waals surface area (Å²) in [6, 6.07) is 0.296. The van der Waals surface area contributed by atoms with E-state index in [0.29, 0.717) is 25.7 Å². The lowest BCUT2D eigenvalue weighted by Crippen LogP contribution is -2.48. The molecular weight excluding hydrogens is 256 g/mol. The number of carbonyl (C=O) groups is 2. The number of amides is 2. The van der Waals surface area contributed by atoms with Crippen LogP contribution >= 0.6 is 0 Å². The third-order valence-electron chi connectivity index (χ3n) is 4.46. The van der Waals surface area contributed by atoms with Crippen molar-refractivity contribution in [1.29, 1.82) is 0 Å². The van der Waals surface area contributed by atoms with Crippen LogP contribution in [0.3, 0.4) is 0 Å². The molecule has 0 spiro atoms. The van der Waals surface area contributed by atoms with E-state index >= 15 is 0 Å². The fourth-order valence-electron chi connectivity index (χ4n) is 3.00. The van der Waals surface area contributed by atoms with Gasteiger partial charge in [0.25, 0.3) is 0 Å². The van der Waals surface area contributed by atoms with Gasteiger partial charge in [-0.2, -0.15) is 0 Å². The summed E-state index contributed by atoms with van der Waals surface area (Å²) < 4.78 is 0. The number of carbonyl (C=O) groups excluding carboxylic acids is 2. The van der Waals surface area contributed by atoms with Gasteiger partial charge in [-0.05, 0) is 25.7 Å². The van der Waals surface area contributed by atoms with Gasteiger partial charge in [0.2, 0.25) is 11.8 Å². The van der Waals surface area contributed by atoms with Gasteiger partial charge in [0.15, 0.2) is 0 Å². The van der Waals surface area contributed by atoms with Gasteiger partial charge in [0.1, 0.15) is 0 Å². The molecular formula is C14H26N4O2. The van der Waals surface area contributed by atoms with Crippen LogP contribution in [-0.4, -0.2) is 67.4 Å². The van der Waals surface area contributed by atoms with Crippen molar-refractivity contribution >= 4 is 11.8 Å². The number of hydrogen-bond donors (Lipinski definition) is 2. The molecule has 0 bridgehead atoms. The van der Waals surface area contributed by atoms with Gasteiger partial charge in [0, 0.05) is 45.2 Å². The monoisotopic (exact) mass is 282 g/mol. The molecule has 2 heterocycles. The summed E-state index contributed by atoms with van der Waals surface area (Å²) in [5, 5.41) is 2.69. The van der Waals surface area contributed by atoms with Crippen LogP contribution in [0, 0.1) is 5.92 Å². The van der Waals surface area contributed by atoms with E-state index in [1.807, 2.05) is 4.90 Å². The zero-order chi connectivity index (χ0) is 14.5. The van der Waals surface area contributed by atoms with Crippen LogP contribution in [-0.2, 0) is 9.59 Å². The number of nitrogens with zero attached hydrogens (tertiary/aromatic N) is 2. The Morgan fingerprint density at radius 2 is 1.70 bits per heavy atom. The van der Waals surface area contributed by atoms with Gasteiger partial charge >= 0.3 is 0 Å². The Hall–Kier alpha value is -1.14. The number of hydrogen-bond acceptors (Lipinski definition) is 4. The molecule has 20 heavy (non-hydrogen) atoms. The number of nitrogens with one attached hydrogen (secondary N) is 1. The Morgan fingerprint density at radius 1 is 1.10 bits per heavy atom. The topological polar surface area (TPSA) is 78.7 Å².